The van der Waals surface area contributed by atoms with Crippen LogP contribution in [0.25, 0.3) is 5.57 Å². The van der Waals surface area contributed by atoms with Gasteiger partial charge in [0, 0.05) is 5.57 Å². The molecule has 0 saturated carbocycles. The van der Waals surface area contributed by atoms with Crippen molar-refractivity contribution >= 4 is 11.9 Å². The average Bonchev–Trinajstić information content (AvgIpc) is 2.19. The molecule has 0 amide bonds. The Kier molecular flexibility index (Phi) is 3.21. The highest BCUT2D eigenvalue weighted by molar-refractivity contribution is 5.82. The minimum atomic E-state index is 0.376. The van der Waals surface area contributed by atoms with Crippen molar-refractivity contribution in [3.8, 4) is 0 Å². The van der Waals surface area contributed by atoms with Gasteiger partial charge in [-0.2, -0.15) is 0 Å². The van der Waals surface area contributed by atoms with E-state index in [0.717, 1.165) is 11.1 Å². The molecule has 0 fully saturated rings. The SMILES string of the molecule is C=C([C]=O)C=C(C)c1ccccc1. The van der Waals surface area contributed by atoms with E-state index in [4.69, 9.17) is 0 Å². The van der Waals surface area contributed by atoms with Gasteiger partial charge in [-0.25, -0.2) is 0 Å². The first-order chi connectivity index (χ1) is 6.24. The van der Waals surface area contributed by atoms with Crippen molar-refractivity contribution in [1.29, 1.82) is 0 Å². The molecule has 0 saturated heterocycles. The van der Waals surface area contributed by atoms with Gasteiger partial charge < -0.3 is 0 Å². The number of benzene rings is 1. The van der Waals surface area contributed by atoms with Crippen LogP contribution in [0.4, 0.5) is 0 Å². The molecule has 1 radical (unpaired) electrons. The van der Waals surface area contributed by atoms with E-state index in [0.29, 0.717) is 5.57 Å². The molecule has 65 valence electrons. The summed E-state index contributed by atoms with van der Waals surface area (Å²) in [4.78, 5) is 10.2. The van der Waals surface area contributed by atoms with Crippen molar-refractivity contribution in [1.82, 2.24) is 0 Å². The van der Waals surface area contributed by atoms with E-state index < -0.39 is 0 Å². The Morgan fingerprint density at radius 2 is 2.00 bits per heavy atom. The smallest absolute Gasteiger partial charge is 0.232 e. The molecule has 0 unspecified atom stereocenters. The molecular formula is C12H11O. The molecular weight excluding hydrogens is 160 g/mol. The third kappa shape index (κ3) is 2.71. The molecule has 0 bridgehead atoms. The first-order valence-electron chi connectivity index (χ1n) is 4.05. The molecule has 1 heteroatoms. The van der Waals surface area contributed by atoms with Crippen LogP contribution in [-0.2, 0) is 4.79 Å². The summed E-state index contributed by atoms with van der Waals surface area (Å²) < 4.78 is 0. The third-order valence-corrected chi connectivity index (χ3v) is 1.75. The van der Waals surface area contributed by atoms with E-state index in [1.807, 2.05) is 37.3 Å². The fourth-order valence-corrected chi connectivity index (χ4v) is 1.08. The van der Waals surface area contributed by atoms with E-state index in [-0.39, 0.29) is 0 Å². The van der Waals surface area contributed by atoms with Crippen LogP contribution in [0, 0.1) is 0 Å². The first kappa shape index (κ1) is 9.46. The van der Waals surface area contributed by atoms with Gasteiger partial charge in [0.1, 0.15) is 0 Å². The largest absolute Gasteiger partial charge is 0.285 e. The highest BCUT2D eigenvalue weighted by Gasteiger charge is 1.94. The predicted molar refractivity (Wildman–Crippen MR) is 54.9 cm³/mol. The maximum Gasteiger partial charge on any atom is 0.232 e. The zero-order chi connectivity index (χ0) is 9.68. The maximum atomic E-state index is 10.2. The Morgan fingerprint density at radius 3 is 2.54 bits per heavy atom. The van der Waals surface area contributed by atoms with Crippen LogP contribution in [0.15, 0.2) is 48.6 Å². The lowest BCUT2D eigenvalue weighted by Gasteiger charge is -1.99. The van der Waals surface area contributed by atoms with Gasteiger partial charge in [0.05, 0.1) is 0 Å². The summed E-state index contributed by atoms with van der Waals surface area (Å²) in [5.74, 6) is 0. The van der Waals surface area contributed by atoms with E-state index in [9.17, 15) is 4.79 Å². The topological polar surface area (TPSA) is 17.1 Å². The second-order valence-corrected chi connectivity index (χ2v) is 2.82. The molecule has 0 heterocycles. The number of rotatable bonds is 3. The summed E-state index contributed by atoms with van der Waals surface area (Å²) in [5.41, 5.74) is 2.49. The lowest BCUT2D eigenvalue weighted by molar-refractivity contribution is 0.563. The first-order valence-corrected chi connectivity index (χ1v) is 4.05. The summed E-state index contributed by atoms with van der Waals surface area (Å²) >= 11 is 0. The zero-order valence-electron chi connectivity index (χ0n) is 7.58. The molecule has 13 heavy (non-hydrogen) atoms. The number of carbonyl (C=O) groups excluding carboxylic acids is 1. The summed E-state index contributed by atoms with van der Waals surface area (Å²) in [6, 6.07) is 9.85. The molecule has 1 nitrogen and oxygen atoms in total. The molecule has 0 aliphatic rings. The number of hydrogen-bond donors (Lipinski definition) is 0. The second-order valence-electron chi connectivity index (χ2n) is 2.82. The number of hydrogen-bond acceptors (Lipinski definition) is 1. The summed E-state index contributed by atoms with van der Waals surface area (Å²) in [6.45, 7) is 5.48. The van der Waals surface area contributed by atoms with Crippen molar-refractivity contribution in [3.63, 3.8) is 0 Å². The van der Waals surface area contributed by atoms with Crippen LogP contribution in [0.5, 0.6) is 0 Å². The van der Waals surface area contributed by atoms with Gasteiger partial charge in [-0.1, -0.05) is 36.9 Å². The van der Waals surface area contributed by atoms with Gasteiger partial charge >= 0.3 is 0 Å². The Labute approximate surface area is 78.4 Å². The van der Waals surface area contributed by atoms with Crippen molar-refractivity contribution in [3.05, 3.63) is 54.1 Å². The Bertz CT molecular complexity index is 333. The predicted octanol–water partition coefficient (Wildman–Crippen LogP) is 2.76. The van der Waals surface area contributed by atoms with Gasteiger partial charge in [-0.3, -0.25) is 4.79 Å². The van der Waals surface area contributed by atoms with Gasteiger partial charge in [-0.15, -0.1) is 0 Å². The Balaban J connectivity index is 2.91. The van der Waals surface area contributed by atoms with Crippen LogP contribution < -0.4 is 0 Å². The van der Waals surface area contributed by atoms with Crippen LogP contribution in [-0.4, -0.2) is 6.29 Å². The van der Waals surface area contributed by atoms with Crippen LogP contribution in [0.1, 0.15) is 12.5 Å². The Morgan fingerprint density at radius 1 is 1.38 bits per heavy atom. The van der Waals surface area contributed by atoms with Crippen molar-refractivity contribution in [2.24, 2.45) is 0 Å². The molecule has 0 aromatic heterocycles. The molecule has 1 aromatic carbocycles. The lowest BCUT2D eigenvalue weighted by atomic mass is 10.1. The summed E-state index contributed by atoms with van der Waals surface area (Å²) in [6.07, 6.45) is 3.47. The van der Waals surface area contributed by atoms with E-state index in [1.165, 1.54) is 0 Å². The van der Waals surface area contributed by atoms with Crippen molar-refractivity contribution < 1.29 is 4.79 Å². The minimum absolute atomic E-state index is 0.376. The quantitative estimate of drug-likeness (QED) is 0.505. The van der Waals surface area contributed by atoms with Gasteiger partial charge in [0.2, 0.25) is 6.29 Å². The van der Waals surface area contributed by atoms with Gasteiger partial charge in [0.15, 0.2) is 0 Å². The summed E-state index contributed by atoms with van der Waals surface area (Å²) in [5, 5.41) is 0. The van der Waals surface area contributed by atoms with Gasteiger partial charge in [-0.05, 0) is 24.1 Å². The molecule has 0 spiro atoms. The van der Waals surface area contributed by atoms with Crippen molar-refractivity contribution in [2.45, 2.75) is 6.92 Å². The van der Waals surface area contributed by atoms with Crippen LogP contribution >= 0.6 is 0 Å². The zero-order valence-corrected chi connectivity index (χ0v) is 7.58. The molecule has 1 rings (SSSR count). The Hall–Kier alpha value is -1.63. The molecule has 1 aromatic rings. The average molecular weight is 171 g/mol. The standard InChI is InChI=1S/C12H11O/c1-10(9-13)8-11(2)12-6-4-3-5-7-12/h3-8H,1H2,2H3. The number of allylic oxidation sites excluding steroid dienone is 3. The molecule has 0 aliphatic carbocycles. The second kappa shape index (κ2) is 4.41. The normalized spacial score (nSPS) is 11.0. The fraction of sp³-hybridized carbons (Fsp3) is 0.0833. The minimum Gasteiger partial charge on any atom is -0.285 e. The monoisotopic (exact) mass is 171 g/mol. The van der Waals surface area contributed by atoms with E-state index in [1.54, 1.807) is 12.4 Å². The highest BCUT2D eigenvalue weighted by Crippen LogP contribution is 2.13. The van der Waals surface area contributed by atoms with Crippen molar-refractivity contribution in [2.75, 3.05) is 0 Å². The highest BCUT2D eigenvalue weighted by atomic mass is 16.1. The molecule has 0 N–H and O–H groups in total. The molecule has 0 atom stereocenters. The van der Waals surface area contributed by atoms with E-state index >= 15 is 0 Å². The lowest BCUT2D eigenvalue weighted by Crippen LogP contribution is -1.81. The third-order valence-electron chi connectivity index (χ3n) is 1.75. The summed E-state index contributed by atoms with van der Waals surface area (Å²) in [7, 11) is 0. The maximum absolute atomic E-state index is 10.2. The van der Waals surface area contributed by atoms with Crippen LogP contribution in [0.3, 0.4) is 0 Å². The van der Waals surface area contributed by atoms with E-state index in [2.05, 4.69) is 6.58 Å². The van der Waals surface area contributed by atoms with Gasteiger partial charge in [0.25, 0.3) is 0 Å². The molecule has 0 aliphatic heterocycles. The fourth-order valence-electron chi connectivity index (χ4n) is 1.08. The van der Waals surface area contributed by atoms with Crippen LogP contribution in [0.2, 0.25) is 0 Å².